The molecule has 17 heavy (non-hydrogen) atoms. The van der Waals surface area contributed by atoms with Gasteiger partial charge in [0.2, 0.25) is 0 Å². The van der Waals surface area contributed by atoms with Crippen LogP contribution >= 0.6 is 31.9 Å². The Morgan fingerprint density at radius 3 is 2.41 bits per heavy atom. The van der Waals surface area contributed by atoms with Crippen LogP contribution in [0.2, 0.25) is 0 Å². The lowest BCUT2D eigenvalue weighted by Crippen LogP contribution is -2.56. The molecule has 1 heterocycles. The quantitative estimate of drug-likeness (QED) is 0.839. The number of carbonyl (C=O) groups is 1. The third-order valence-corrected chi connectivity index (χ3v) is 4.31. The van der Waals surface area contributed by atoms with E-state index in [1.807, 2.05) is 12.1 Å². The Balaban J connectivity index is 2.53. The highest BCUT2D eigenvalue weighted by Gasteiger charge is 2.35. The van der Waals surface area contributed by atoms with Crippen LogP contribution in [0.5, 0.6) is 0 Å². The first-order chi connectivity index (χ1) is 8.01. The van der Waals surface area contributed by atoms with E-state index in [4.69, 9.17) is 0 Å². The number of hydrogen-bond donors (Lipinski definition) is 2. The number of amides is 1. The number of benzene rings is 1. The molecule has 1 aromatic carbocycles. The minimum absolute atomic E-state index is 0.0237. The summed E-state index contributed by atoms with van der Waals surface area (Å²) in [6, 6.07) is 3.78. The summed E-state index contributed by atoms with van der Waals surface area (Å²) in [6.07, 6.45) is 1.69. The van der Waals surface area contributed by atoms with Gasteiger partial charge in [-0.05, 0) is 40.9 Å². The maximum Gasteiger partial charge on any atom is 0.255 e. The number of anilines is 1. The number of hydrogen-bond acceptors (Lipinski definition) is 2. The average Bonchev–Trinajstić information content (AvgIpc) is 2.30. The van der Waals surface area contributed by atoms with Crippen LogP contribution in [-0.2, 0) is 0 Å². The fourth-order valence-corrected chi connectivity index (χ4v) is 3.36. The summed E-state index contributed by atoms with van der Waals surface area (Å²) in [6.45, 7) is 4.13. The summed E-state index contributed by atoms with van der Waals surface area (Å²) < 4.78 is 1.79. The fourth-order valence-electron chi connectivity index (χ4n) is 2.04. The normalized spacial score (nSPS) is 17.1. The van der Waals surface area contributed by atoms with Gasteiger partial charge in [0.05, 0.1) is 11.3 Å². The van der Waals surface area contributed by atoms with Gasteiger partial charge in [0, 0.05) is 8.95 Å². The van der Waals surface area contributed by atoms with Crippen molar-refractivity contribution in [3.05, 3.63) is 26.6 Å². The van der Waals surface area contributed by atoms with E-state index >= 15 is 0 Å². The molecule has 0 aromatic heterocycles. The van der Waals surface area contributed by atoms with E-state index in [0.717, 1.165) is 27.5 Å². The van der Waals surface area contributed by atoms with Crippen molar-refractivity contribution in [2.45, 2.75) is 32.4 Å². The van der Waals surface area contributed by atoms with Crippen LogP contribution in [0.25, 0.3) is 0 Å². The molecule has 2 N–H and O–H groups in total. The van der Waals surface area contributed by atoms with E-state index in [1.54, 1.807) is 0 Å². The highest BCUT2D eigenvalue weighted by molar-refractivity contribution is 9.11. The van der Waals surface area contributed by atoms with Crippen molar-refractivity contribution in [3.63, 3.8) is 0 Å². The molecule has 1 aromatic rings. The number of halogens is 2. The molecule has 2 rings (SSSR count). The number of carbonyl (C=O) groups excluding carboxylic acids is 1. The van der Waals surface area contributed by atoms with Gasteiger partial charge in [0.1, 0.15) is 5.66 Å². The third kappa shape index (κ3) is 2.22. The minimum Gasteiger partial charge on any atom is -0.361 e. The van der Waals surface area contributed by atoms with E-state index in [2.05, 4.69) is 56.3 Å². The van der Waals surface area contributed by atoms with Crippen LogP contribution in [0.1, 0.15) is 37.0 Å². The molecule has 1 amide bonds. The zero-order chi connectivity index (χ0) is 12.6. The molecule has 0 saturated carbocycles. The van der Waals surface area contributed by atoms with Gasteiger partial charge in [-0.15, -0.1) is 0 Å². The van der Waals surface area contributed by atoms with E-state index in [0.29, 0.717) is 5.56 Å². The van der Waals surface area contributed by atoms with Gasteiger partial charge >= 0.3 is 0 Å². The van der Waals surface area contributed by atoms with Gasteiger partial charge in [0.25, 0.3) is 5.91 Å². The first kappa shape index (κ1) is 12.9. The van der Waals surface area contributed by atoms with Crippen molar-refractivity contribution in [1.29, 1.82) is 0 Å². The van der Waals surface area contributed by atoms with Gasteiger partial charge in [0.15, 0.2) is 0 Å². The molecule has 1 aliphatic rings. The highest BCUT2D eigenvalue weighted by Crippen LogP contribution is 2.36. The lowest BCUT2D eigenvalue weighted by Gasteiger charge is -2.39. The molecule has 1 aliphatic heterocycles. The Hall–Kier alpha value is -0.550. The van der Waals surface area contributed by atoms with E-state index in [-0.39, 0.29) is 11.6 Å². The van der Waals surface area contributed by atoms with Crippen LogP contribution in [0, 0.1) is 0 Å². The Labute approximate surface area is 118 Å². The molecular weight excluding hydrogens is 348 g/mol. The minimum atomic E-state index is -0.333. The zero-order valence-corrected chi connectivity index (χ0v) is 12.9. The Morgan fingerprint density at radius 2 is 1.82 bits per heavy atom. The highest BCUT2D eigenvalue weighted by atomic mass is 79.9. The number of rotatable bonds is 2. The van der Waals surface area contributed by atoms with Crippen molar-refractivity contribution in [2.75, 3.05) is 5.32 Å². The van der Waals surface area contributed by atoms with Gasteiger partial charge in [-0.1, -0.05) is 29.8 Å². The molecule has 3 nitrogen and oxygen atoms in total. The van der Waals surface area contributed by atoms with E-state index in [9.17, 15) is 4.79 Å². The van der Waals surface area contributed by atoms with Gasteiger partial charge in [-0.2, -0.15) is 0 Å². The monoisotopic (exact) mass is 360 g/mol. The molecular formula is C12H14Br2N2O. The summed E-state index contributed by atoms with van der Waals surface area (Å²) in [5.74, 6) is -0.0237. The second-order valence-electron chi connectivity index (χ2n) is 4.18. The Morgan fingerprint density at radius 1 is 1.18 bits per heavy atom. The van der Waals surface area contributed by atoms with Crippen molar-refractivity contribution < 1.29 is 4.79 Å². The van der Waals surface area contributed by atoms with E-state index < -0.39 is 0 Å². The van der Waals surface area contributed by atoms with Gasteiger partial charge < -0.3 is 10.6 Å². The smallest absolute Gasteiger partial charge is 0.255 e. The largest absolute Gasteiger partial charge is 0.361 e. The number of fused-ring (bicyclic) bond motifs is 1. The lowest BCUT2D eigenvalue weighted by molar-refractivity contribution is 0.0895. The van der Waals surface area contributed by atoms with Gasteiger partial charge in [-0.3, -0.25) is 4.79 Å². The van der Waals surface area contributed by atoms with Crippen molar-refractivity contribution in [3.8, 4) is 0 Å². The standard InChI is InChI=1S/C12H14Br2N2O/c1-3-12(4-2)15-10-8(11(17)16-12)5-7(13)6-9(10)14/h5-6,15H,3-4H2,1-2H3,(H,16,17). The van der Waals surface area contributed by atoms with Crippen molar-refractivity contribution in [1.82, 2.24) is 5.32 Å². The van der Waals surface area contributed by atoms with E-state index in [1.165, 1.54) is 0 Å². The molecule has 92 valence electrons. The predicted octanol–water partition coefficient (Wildman–Crippen LogP) is 3.88. The topological polar surface area (TPSA) is 41.1 Å². The van der Waals surface area contributed by atoms with Crippen molar-refractivity contribution >= 4 is 43.5 Å². The Kier molecular flexibility index (Phi) is 3.50. The predicted molar refractivity (Wildman–Crippen MR) is 76.2 cm³/mol. The molecule has 0 aliphatic carbocycles. The average molecular weight is 362 g/mol. The van der Waals surface area contributed by atoms with Crippen molar-refractivity contribution in [2.24, 2.45) is 0 Å². The molecule has 0 radical (unpaired) electrons. The first-order valence-corrected chi connectivity index (χ1v) is 7.19. The summed E-state index contributed by atoms with van der Waals surface area (Å²) in [5.41, 5.74) is 1.21. The molecule has 0 saturated heterocycles. The van der Waals surface area contributed by atoms with Crippen LogP contribution in [0.4, 0.5) is 5.69 Å². The second-order valence-corrected chi connectivity index (χ2v) is 5.95. The molecule has 0 atom stereocenters. The number of nitrogens with one attached hydrogen (secondary N) is 2. The fraction of sp³-hybridized carbons (Fsp3) is 0.417. The van der Waals surface area contributed by atoms with Gasteiger partial charge in [-0.25, -0.2) is 0 Å². The summed E-state index contributed by atoms with van der Waals surface area (Å²) in [5, 5.41) is 6.48. The molecule has 0 bridgehead atoms. The van der Waals surface area contributed by atoms with Crippen LogP contribution in [-0.4, -0.2) is 11.6 Å². The third-order valence-electron chi connectivity index (χ3n) is 3.22. The zero-order valence-electron chi connectivity index (χ0n) is 9.73. The molecule has 0 unspecified atom stereocenters. The molecule has 5 heteroatoms. The van der Waals surface area contributed by atoms with Crippen LogP contribution < -0.4 is 10.6 Å². The molecule has 0 fully saturated rings. The lowest BCUT2D eigenvalue weighted by atomic mass is 9.97. The Bertz CT molecular complexity index is 470. The van der Waals surface area contributed by atoms with Crippen LogP contribution in [0.15, 0.2) is 21.1 Å². The molecule has 0 spiro atoms. The summed E-state index contributed by atoms with van der Waals surface area (Å²) >= 11 is 6.89. The SMILES string of the molecule is CCC1(CC)NC(=O)c2cc(Br)cc(Br)c2N1. The summed E-state index contributed by atoms with van der Waals surface area (Å²) in [7, 11) is 0. The van der Waals surface area contributed by atoms with Crippen LogP contribution in [0.3, 0.4) is 0 Å². The second kappa shape index (κ2) is 4.61. The summed E-state index contributed by atoms with van der Waals surface area (Å²) in [4.78, 5) is 12.1. The maximum atomic E-state index is 12.1. The first-order valence-electron chi connectivity index (χ1n) is 5.61. The maximum absolute atomic E-state index is 12.1.